The normalized spacial score (nSPS) is 16.5. The van der Waals surface area contributed by atoms with Gasteiger partial charge in [0.15, 0.2) is 17.3 Å². The number of ether oxygens (including phenoxy) is 3. The van der Waals surface area contributed by atoms with Gasteiger partial charge in [-0.2, -0.15) is 5.10 Å². The molecule has 1 saturated carbocycles. The molecule has 154 valence electrons. The van der Waals surface area contributed by atoms with E-state index in [-0.39, 0.29) is 5.91 Å². The van der Waals surface area contributed by atoms with Crippen LogP contribution in [0.2, 0.25) is 0 Å². The van der Waals surface area contributed by atoms with Crippen molar-refractivity contribution < 1.29 is 19.0 Å². The van der Waals surface area contributed by atoms with Crippen molar-refractivity contribution in [3.8, 4) is 17.2 Å². The molecule has 1 aromatic heterocycles. The largest absolute Gasteiger partial charge is 0.493 e. The minimum atomic E-state index is -0.0855. The summed E-state index contributed by atoms with van der Waals surface area (Å²) in [7, 11) is 4.61. The van der Waals surface area contributed by atoms with Crippen molar-refractivity contribution >= 4 is 11.7 Å². The van der Waals surface area contributed by atoms with Crippen LogP contribution < -0.4 is 19.1 Å². The second kappa shape index (κ2) is 8.14. The molecule has 0 N–H and O–H groups in total. The number of amides is 1. The summed E-state index contributed by atoms with van der Waals surface area (Å²) in [6, 6.07) is 7.56. The molecule has 29 heavy (non-hydrogen) atoms. The zero-order valence-electron chi connectivity index (χ0n) is 17.1. The number of hydrogen-bond donors (Lipinski definition) is 0. The van der Waals surface area contributed by atoms with Gasteiger partial charge >= 0.3 is 0 Å². The van der Waals surface area contributed by atoms with Crippen LogP contribution in [0.25, 0.3) is 0 Å². The van der Waals surface area contributed by atoms with Crippen molar-refractivity contribution in [3.63, 3.8) is 0 Å². The molecule has 0 radical (unpaired) electrons. The topological polar surface area (TPSA) is 77.0 Å². The van der Waals surface area contributed by atoms with E-state index in [0.717, 1.165) is 11.5 Å². The number of hydrogen-bond acceptors (Lipinski definition) is 7. The number of piperazine rings is 1. The molecule has 0 bridgehead atoms. The minimum absolute atomic E-state index is 0.0855. The first-order chi connectivity index (χ1) is 14.2. The summed E-state index contributed by atoms with van der Waals surface area (Å²) in [6.45, 7) is 2.61. The van der Waals surface area contributed by atoms with Crippen molar-refractivity contribution in [1.82, 2.24) is 15.1 Å². The highest BCUT2D eigenvalue weighted by Crippen LogP contribution is 2.40. The number of methoxy groups -OCH3 is 3. The highest BCUT2D eigenvalue weighted by molar-refractivity contribution is 5.98. The molecular weight excluding hydrogens is 372 g/mol. The Morgan fingerprint density at radius 2 is 1.62 bits per heavy atom. The molecule has 0 spiro atoms. The highest BCUT2D eigenvalue weighted by atomic mass is 16.5. The van der Waals surface area contributed by atoms with Crippen LogP contribution in [0.5, 0.6) is 17.2 Å². The third-order valence-electron chi connectivity index (χ3n) is 5.49. The van der Waals surface area contributed by atoms with Gasteiger partial charge in [-0.15, -0.1) is 5.10 Å². The van der Waals surface area contributed by atoms with Gasteiger partial charge in [0, 0.05) is 32.1 Å². The second-order valence-electron chi connectivity index (χ2n) is 7.25. The first-order valence-corrected chi connectivity index (χ1v) is 9.83. The lowest BCUT2D eigenvalue weighted by Crippen LogP contribution is -2.49. The average molecular weight is 398 g/mol. The van der Waals surface area contributed by atoms with E-state index in [0.29, 0.717) is 54.9 Å². The Hall–Kier alpha value is -3.03. The molecular formula is C21H26N4O4. The molecule has 1 aromatic carbocycles. The van der Waals surface area contributed by atoms with Crippen LogP contribution in [0.1, 0.15) is 34.8 Å². The third kappa shape index (κ3) is 3.79. The summed E-state index contributed by atoms with van der Waals surface area (Å²) in [5, 5.41) is 8.74. The molecule has 1 amide bonds. The number of aromatic nitrogens is 2. The van der Waals surface area contributed by atoms with Gasteiger partial charge in [-0.3, -0.25) is 4.79 Å². The Kier molecular flexibility index (Phi) is 5.42. The van der Waals surface area contributed by atoms with Crippen molar-refractivity contribution in [3.05, 3.63) is 35.5 Å². The Labute approximate surface area is 170 Å². The maximum atomic E-state index is 13.1. The first kappa shape index (κ1) is 19.3. The smallest absolute Gasteiger partial charge is 0.257 e. The van der Waals surface area contributed by atoms with E-state index in [1.165, 1.54) is 27.1 Å². The molecule has 1 aliphatic heterocycles. The van der Waals surface area contributed by atoms with E-state index in [4.69, 9.17) is 14.2 Å². The summed E-state index contributed by atoms with van der Waals surface area (Å²) in [4.78, 5) is 17.1. The van der Waals surface area contributed by atoms with Crippen molar-refractivity contribution in [2.24, 2.45) is 0 Å². The van der Waals surface area contributed by atoms with Crippen LogP contribution >= 0.6 is 0 Å². The van der Waals surface area contributed by atoms with Gasteiger partial charge in [-0.25, -0.2) is 0 Å². The lowest BCUT2D eigenvalue weighted by atomic mass is 10.1. The molecule has 2 heterocycles. The molecule has 1 aliphatic carbocycles. The maximum absolute atomic E-state index is 13.1. The predicted molar refractivity (Wildman–Crippen MR) is 108 cm³/mol. The molecule has 0 atom stereocenters. The standard InChI is InChI=1S/C21H26N4O4/c1-27-17-8-6-15(19(28-2)20(17)29-3)21(26)25-12-10-24(11-13-25)18-9-7-16(22-23-18)14-4-5-14/h6-9,14H,4-5,10-13H2,1-3H3. The van der Waals surface area contributed by atoms with E-state index in [9.17, 15) is 4.79 Å². The minimum Gasteiger partial charge on any atom is -0.493 e. The monoisotopic (exact) mass is 398 g/mol. The van der Waals surface area contributed by atoms with E-state index < -0.39 is 0 Å². The predicted octanol–water partition coefficient (Wildman–Crippen LogP) is 2.34. The molecule has 0 unspecified atom stereocenters. The summed E-state index contributed by atoms with van der Waals surface area (Å²) in [5.41, 5.74) is 1.55. The molecule has 2 fully saturated rings. The Balaban J connectivity index is 1.45. The quantitative estimate of drug-likeness (QED) is 0.739. The fraction of sp³-hybridized carbons (Fsp3) is 0.476. The Bertz CT molecular complexity index is 875. The van der Waals surface area contributed by atoms with Crippen LogP contribution in [0.4, 0.5) is 5.82 Å². The number of carbonyl (C=O) groups is 1. The number of rotatable bonds is 6. The molecule has 8 heteroatoms. The van der Waals surface area contributed by atoms with Gasteiger partial charge < -0.3 is 24.0 Å². The summed E-state index contributed by atoms with van der Waals surface area (Å²) in [5.74, 6) is 2.72. The van der Waals surface area contributed by atoms with Crippen LogP contribution in [-0.2, 0) is 0 Å². The number of anilines is 1. The average Bonchev–Trinajstić information content (AvgIpc) is 3.63. The lowest BCUT2D eigenvalue weighted by molar-refractivity contribution is 0.0742. The van der Waals surface area contributed by atoms with Gasteiger partial charge in [0.05, 0.1) is 32.6 Å². The van der Waals surface area contributed by atoms with Crippen molar-refractivity contribution in [2.75, 3.05) is 52.4 Å². The third-order valence-corrected chi connectivity index (χ3v) is 5.49. The number of carbonyl (C=O) groups excluding carboxylic acids is 1. The Morgan fingerprint density at radius 3 is 2.17 bits per heavy atom. The van der Waals surface area contributed by atoms with Gasteiger partial charge in [-0.05, 0) is 37.1 Å². The lowest BCUT2D eigenvalue weighted by Gasteiger charge is -2.35. The fourth-order valence-electron chi connectivity index (χ4n) is 3.68. The van der Waals surface area contributed by atoms with E-state index in [2.05, 4.69) is 21.2 Å². The van der Waals surface area contributed by atoms with Gasteiger partial charge in [0.2, 0.25) is 5.75 Å². The summed E-state index contributed by atoms with van der Waals surface area (Å²) in [6.07, 6.45) is 2.43. The van der Waals surface area contributed by atoms with E-state index >= 15 is 0 Å². The molecule has 2 aliphatic rings. The highest BCUT2D eigenvalue weighted by Gasteiger charge is 2.29. The van der Waals surface area contributed by atoms with Crippen LogP contribution in [0.3, 0.4) is 0 Å². The van der Waals surface area contributed by atoms with Crippen molar-refractivity contribution in [2.45, 2.75) is 18.8 Å². The second-order valence-corrected chi connectivity index (χ2v) is 7.25. The summed E-state index contributed by atoms with van der Waals surface area (Å²) >= 11 is 0. The van der Waals surface area contributed by atoms with Crippen LogP contribution in [-0.4, -0.2) is 68.5 Å². The van der Waals surface area contributed by atoms with Gasteiger partial charge in [-0.1, -0.05) is 0 Å². The maximum Gasteiger partial charge on any atom is 0.257 e. The van der Waals surface area contributed by atoms with Gasteiger partial charge in [0.1, 0.15) is 0 Å². The first-order valence-electron chi connectivity index (χ1n) is 9.83. The fourth-order valence-corrected chi connectivity index (χ4v) is 3.68. The molecule has 8 nitrogen and oxygen atoms in total. The molecule has 1 saturated heterocycles. The van der Waals surface area contributed by atoms with Gasteiger partial charge in [0.25, 0.3) is 5.91 Å². The number of benzene rings is 1. The molecule has 2 aromatic rings. The SMILES string of the molecule is COc1ccc(C(=O)N2CCN(c3ccc(C4CC4)nn3)CC2)c(OC)c1OC. The van der Waals surface area contributed by atoms with E-state index in [1.807, 2.05) is 11.0 Å². The van der Waals surface area contributed by atoms with E-state index in [1.54, 1.807) is 19.2 Å². The Morgan fingerprint density at radius 1 is 0.897 bits per heavy atom. The van der Waals surface area contributed by atoms with Crippen LogP contribution in [0, 0.1) is 0 Å². The van der Waals surface area contributed by atoms with Crippen molar-refractivity contribution in [1.29, 1.82) is 0 Å². The number of nitrogens with zero attached hydrogens (tertiary/aromatic N) is 4. The van der Waals surface area contributed by atoms with Crippen LogP contribution in [0.15, 0.2) is 24.3 Å². The summed E-state index contributed by atoms with van der Waals surface area (Å²) < 4.78 is 16.2. The molecule has 4 rings (SSSR count). The zero-order valence-corrected chi connectivity index (χ0v) is 17.1. The zero-order chi connectivity index (χ0) is 20.4.